The van der Waals surface area contributed by atoms with Crippen LogP contribution in [-0.2, 0) is 14.3 Å². The summed E-state index contributed by atoms with van der Waals surface area (Å²) >= 11 is 1.46. The first-order chi connectivity index (χ1) is 14.5. The average Bonchev–Trinajstić information content (AvgIpc) is 3.19. The summed E-state index contributed by atoms with van der Waals surface area (Å²) in [7, 11) is 3.01. The third-order valence-electron chi connectivity index (χ3n) is 5.85. The highest BCUT2D eigenvalue weighted by Gasteiger charge is 2.35. The molecule has 1 aromatic heterocycles. The summed E-state index contributed by atoms with van der Waals surface area (Å²) in [5.41, 5.74) is 1.44. The molecule has 1 amide bonds. The van der Waals surface area contributed by atoms with Crippen molar-refractivity contribution < 1.29 is 19.1 Å². The number of nitrogens with zero attached hydrogens (tertiary/aromatic N) is 1. The van der Waals surface area contributed by atoms with Crippen molar-refractivity contribution >= 4 is 28.2 Å². The molecule has 1 fully saturated rings. The molecule has 6 heteroatoms. The number of ether oxygens (including phenoxy) is 2. The molecule has 1 unspecified atom stereocenters. The van der Waals surface area contributed by atoms with E-state index >= 15 is 0 Å². The molecule has 1 aliphatic carbocycles. The number of carbonyl (C=O) groups excluding carboxylic acids is 2. The van der Waals surface area contributed by atoms with Crippen LogP contribution in [0.3, 0.4) is 0 Å². The summed E-state index contributed by atoms with van der Waals surface area (Å²) in [6, 6.07) is 11.5. The van der Waals surface area contributed by atoms with Gasteiger partial charge in [-0.2, -0.15) is 0 Å². The SMILES string of the molecule is COCC(C)N(C(=O)C1CCC(C)CC1)c1sc(-c2ccccc2)cc1C(=O)OC. The first kappa shape index (κ1) is 22.5. The van der Waals surface area contributed by atoms with Gasteiger partial charge in [-0.05, 0) is 50.2 Å². The minimum absolute atomic E-state index is 0.0201. The Balaban J connectivity index is 2.04. The van der Waals surface area contributed by atoms with Gasteiger partial charge in [0.05, 0.1) is 25.3 Å². The zero-order valence-corrected chi connectivity index (χ0v) is 19.0. The van der Waals surface area contributed by atoms with Crippen LogP contribution in [0.4, 0.5) is 5.00 Å². The summed E-state index contributed by atoms with van der Waals surface area (Å²) in [6.45, 7) is 4.61. The molecule has 5 nitrogen and oxygen atoms in total. The van der Waals surface area contributed by atoms with Crippen LogP contribution in [0.1, 0.15) is 49.9 Å². The first-order valence-corrected chi connectivity index (χ1v) is 11.4. The summed E-state index contributed by atoms with van der Waals surface area (Å²) < 4.78 is 10.4. The van der Waals surface area contributed by atoms with E-state index in [-0.39, 0.29) is 17.9 Å². The molecule has 0 N–H and O–H groups in total. The van der Waals surface area contributed by atoms with Gasteiger partial charge in [-0.25, -0.2) is 4.79 Å². The smallest absolute Gasteiger partial charge is 0.340 e. The van der Waals surface area contributed by atoms with Gasteiger partial charge in [0.2, 0.25) is 5.91 Å². The van der Waals surface area contributed by atoms with Gasteiger partial charge in [-0.3, -0.25) is 9.69 Å². The molecule has 0 bridgehead atoms. The number of rotatable bonds is 7. The second kappa shape index (κ2) is 10.2. The number of benzene rings is 1. The molecule has 1 aromatic carbocycles. The Morgan fingerprint density at radius 2 is 1.80 bits per heavy atom. The molecule has 1 heterocycles. The Labute approximate surface area is 183 Å². The van der Waals surface area contributed by atoms with Crippen molar-refractivity contribution in [3.63, 3.8) is 0 Å². The van der Waals surface area contributed by atoms with Gasteiger partial charge in [-0.1, -0.05) is 37.3 Å². The van der Waals surface area contributed by atoms with E-state index < -0.39 is 5.97 Å². The van der Waals surface area contributed by atoms with Crippen molar-refractivity contribution in [1.29, 1.82) is 0 Å². The topological polar surface area (TPSA) is 55.8 Å². The lowest BCUT2D eigenvalue weighted by atomic mass is 9.82. The van der Waals surface area contributed by atoms with Crippen molar-refractivity contribution in [1.82, 2.24) is 0 Å². The number of hydrogen-bond acceptors (Lipinski definition) is 5. The fourth-order valence-electron chi connectivity index (χ4n) is 4.10. The lowest BCUT2D eigenvalue weighted by Gasteiger charge is -2.34. The number of methoxy groups -OCH3 is 2. The summed E-state index contributed by atoms with van der Waals surface area (Å²) in [6.07, 6.45) is 3.90. The molecular formula is C24H31NO4S. The highest BCUT2D eigenvalue weighted by molar-refractivity contribution is 7.20. The Morgan fingerprint density at radius 3 is 2.40 bits per heavy atom. The molecule has 162 valence electrons. The minimum atomic E-state index is -0.428. The number of anilines is 1. The molecular weight excluding hydrogens is 398 g/mol. The second-order valence-electron chi connectivity index (χ2n) is 8.16. The summed E-state index contributed by atoms with van der Waals surface area (Å²) in [5.74, 6) is 0.297. The van der Waals surface area contributed by atoms with Crippen LogP contribution in [0.15, 0.2) is 36.4 Å². The Kier molecular flexibility index (Phi) is 7.67. The van der Waals surface area contributed by atoms with Gasteiger partial charge in [0.25, 0.3) is 0 Å². The van der Waals surface area contributed by atoms with E-state index in [2.05, 4.69) is 6.92 Å². The summed E-state index contributed by atoms with van der Waals surface area (Å²) in [5, 5.41) is 0.647. The maximum absolute atomic E-state index is 13.7. The third kappa shape index (κ3) is 4.93. The van der Waals surface area contributed by atoms with Gasteiger partial charge < -0.3 is 9.47 Å². The maximum atomic E-state index is 13.7. The van der Waals surface area contributed by atoms with Crippen molar-refractivity contribution in [2.75, 3.05) is 25.7 Å². The maximum Gasteiger partial charge on any atom is 0.340 e. The van der Waals surface area contributed by atoms with E-state index in [0.29, 0.717) is 23.1 Å². The average molecular weight is 430 g/mol. The van der Waals surface area contributed by atoms with E-state index in [1.54, 1.807) is 12.0 Å². The highest BCUT2D eigenvalue weighted by atomic mass is 32.1. The zero-order chi connectivity index (χ0) is 21.7. The minimum Gasteiger partial charge on any atom is -0.465 e. The molecule has 1 saturated carbocycles. The monoisotopic (exact) mass is 429 g/mol. The van der Waals surface area contributed by atoms with E-state index in [4.69, 9.17) is 9.47 Å². The number of esters is 1. The van der Waals surface area contributed by atoms with Crippen molar-refractivity contribution in [2.24, 2.45) is 11.8 Å². The lowest BCUT2D eigenvalue weighted by Crippen LogP contribution is -2.45. The van der Waals surface area contributed by atoms with Gasteiger partial charge in [0.15, 0.2) is 0 Å². The van der Waals surface area contributed by atoms with E-state index in [9.17, 15) is 9.59 Å². The number of carbonyl (C=O) groups is 2. The lowest BCUT2D eigenvalue weighted by molar-refractivity contribution is -0.124. The molecule has 1 aliphatic rings. The predicted octanol–water partition coefficient (Wildman–Crippen LogP) is 5.40. The van der Waals surface area contributed by atoms with E-state index in [0.717, 1.165) is 36.1 Å². The molecule has 0 aliphatic heterocycles. The van der Waals surface area contributed by atoms with Gasteiger partial charge in [0, 0.05) is 17.9 Å². The van der Waals surface area contributed by atoms with Crippen LogP contribution >= 0.6 is 11.3 Å². The quantitative estimate of drug-likeness (QED) is 0.553. The van der Waals surface area contributed by atoms with Crippen LogP contribution in [0.5, 0.6) is 0 Å². The number of hydrogen-bond donors (Lipinski definition) is 0. The molecule has 30 heavy (non-hydrogen) atoms. The Morgan fingerprint density at radius 1 is 1.13 bits per heavy atom. The van der Waals surface area contributed by atoms with Gasteiger partial charge in [-0.15, -0.1) is 11.3 Å². The van der Waals surface area contributed by atoms with Gasteiger partial charge in [0.1, 0.15) is 5.00 Å². The highest BCUT2D eigenvalue weighted by Crippen LogP contribution is 2.41. The Hall–Kier alpha value is -2.18. The van der Waals surface area contributed by atoms with Crippen LogP contribution < -0.4 is 4.90 Å². The fourth-order valence-corrected chi connectivity index (χ4v) is 5.36. The first-order valence-electron chi connectivity index (χ1n) is 10.6. The molecule has 1 atom stereocenters. The Bertz CT molecular complexity index is 855. The van der Waals surface area contributed by atoms with Crippen molar-refractivity contribution in [2.45, 2.75) is 45.6 Å². The van der Waals surface area contributed by atoms with Gasteiger partial charge >= 0.3 is 5.97 Å². The van der Waals surface area contributed by atoms with Crippen molar-refractivity contribution in [3.05, 3.63) is 42.0 Å². The van der Waals surface area contributed by atoms with Crippen LogP contribution in [0.25, 0.3) is 10.4 Å². The van der Waals surface area contributed by atoms with E-state index in [1.807, 2.05) is 43.3 Å². The number of thiophene rings is 1. The molecule has 2 aromatic rings. The van der Waals surface area contributed by atoms with Crippen LogP contribution in [0, 0.1) is 11.8 Å². The normalized spacial score (nSPS) is 19.9. The third-order valence-corrected chi connectivity index (χ3v) is 7.03. The molecule has 0 spiro atoms. The fraction of sp³-hybridized carbons (Fsp3) is 0.500. The molecule has 0 radical (unpaired) electrons. The molecule has 3 rings (SSSR count). The molecule has 0 saturated heterocycles. The van der Waals surface area contributed by atoms with E-state index in [1.165, 1.54) is 18.4 Å². The second-order valence-corrected chi connectivity index (χ2v) is 9.19. The largest absolute Gasteiger partial charge is 0.465 e. The number of amides is 1. The van der Waals surface area contributed by atoms with Crippen molar-refractivity contribution in [3.8, 4) is 10.4 Å². The predicted molar refractivity (Wildman–Crippen MR) is 121 cm³/mol. The van der Waals surface area contributed by atoms with Crippen LogP contribution in [-0.4, -0.2) is 38.7 Å². The zero-order valence-electron chi connectivity index (χ0n) is 18.2. The standard InChI is InChI=1S/C24H31NO4S/c1-16-10-12-19(13-11-16)22(26)25(17(2)15-28-3)23-20(24(27)29-4)14-21(30-23)18-8-6-5-7-9-18/h5-9,14,16-17,19H,10-13,15H2,1-4H3. The van der Waals surface area contributed by atoms with Crippen LogP contribution in [0.2, 0.25) is 0 Å². The summed E-state index contributed by atoms with van der Waals surface area (Å²) in [4.78, 5) is 29.0.